The fourth-order valence-electron chi connectivity index (χ4n) is 4.92. The van der Waals surface area contributed by atoms with Crippen LogP contribution in [0.15, 0.2) is 54.6 Å². The third-order valence-electron chi connectivity index (χ3n) is 7.47. The summed E-state index contributed by atoms with van der Waals surface area (Å²) in [5, 5.41) is 5.87. The van der Waals surface area contributed by atoms with Gasteiger partial charge in [0.1, 0.15) is 17.7 Å². The minimum atomic E-state index is -0.980. The Morgan fingerprint density at radius 3 is 2.19 bits per heavy atom. The number of nitrogens with zero attached hydrogens (tertiary/aromatic N) is 1. The van der Waals surface area contributed by atoms with Gasteiger partial charge in [0.25, 0.3) is 0 Å². The first-order valence-electron chi connectivity index (χ1n) is 15.7. The highest BCUT2D eigenvalue weighted by Gasteiger charge is 2.38. The van der Waals surface area contributed by atoms with E-state index in [-0.39, 0.29) is 17.7 Å². The molecule has 2 rings (SSSR count). The van der Waals surface area contributed by atoms with Crippen molar-refractivity contribution in [1.29, 1.82) is 0 Å². The quantitative estimate of drug-likeness (QED) is 0.161. The molecule has 234 valence electrons. The molecule has 0 fully saturated rings. The number of carbonyl (C=O) groups is 3. The van der Waals surface area contributed by atoms with Gasteiger partial charge in [0, 0.05) is 18.7 Å². The number of alkyl carbamates (subject to hydrolysis) is 1. The Morgan fingerprint density at radius 2 is 1.56 bits per heavy atom. The Labute approximate surface area is 259 Å². The van der Waals surface area contributed by atoms with Gasteiger partial charge in [-0.3, -0.25) is 9.59 Å². The summed E-state index contributed by atoms with van der Waals surface area (Å²) in [4.78, 5) is 43.1. The fourth-order valence-corrected chi connectivity index (χ4v) is 4.92. The van der Waals surface area contributed by atoms with Crippen molar-refractivity contribution in [3.63, 3.8) is 0 Å². The fraction of sp³-hybridized carbons (Fsp3) is 0.528. The number of unbranched alkanes of at least 4 members (excludes halogenated alkanes) is 5. The molecule has 2 N–H and O–H groups in total. The molecule has 2 aromatic rings. The van der Waals surface area contributed by atoms with Crippen LogP contribution >= 0.6 is 0 Å². The second-order valence-corrected chi connectivity index (χ2v) is 12.1. The standard InChI is InChI=1S/C36H51N3O4/c1-8-11-12-13-14-20-25-39(34(41)31(27(4)9-2)38-35(42)43-36(5,6)7)32(30-24-19-18-23-29(30)10-3)33(40)37-26-28-21-16-15-17-22-28/h3,15-19,21-24,27,31-32H,8-9,11-14,20,25-26H2,1-2,4-7H3,(H,37,40)(H,38,42). The molecular formula is C36H51N3O4. The zero-order valence-electron chi connectivity index (χ0n) is 26.9. The highest BCUT2D eigenvalue weighted by Crippen LogP contribution is 2.28. The molecule has 0 aliphatic carbocycles. The highest BCUT2D eigenvalue weighted by atomic mass is 16.6. The molecule has 0 saturated heterocycles. The molecule has 0 aliphatic heterocycles. The lowest BCUT2D eigenvalue weighted by atomic mass is 9.93. The van der Waals surface area contributed by atoms with Crippen molar-refractivity contribution in [2.24, 2.45) is 5.92 Å². The van der Waals surface area contributed by atoms with E-state index < -0.39 is 23.8 Å². The molecule has 0 radical (unpaired) electrons. The zero-order chi connectivity index (χ0) is 31.8. The zero-order valence-corrected chi connectivity index (χ0v) is 26.9. The Bertz CT molecular complexity index is 1200. The minimum absolute atomic E-state index is 0.206. The number of terminal acetylenes is 1. The summed E-state index contributed by atoms with van der Waals surface area (Å²) in [6.45, 7) is 12.0. The number of nitrogens with one attached hydrogen (secondary N) is 2. The average Bonchev–Trinajstić information content (AvgIpc) is 2.98. The van der Waals surface area contributed by atoms with Gasteiger partial charge in [-0.2, -0.15) is 0 Å². The van der Waals surface area contributed by atoms with E-state index in [0.29, 0.717) is 30.6 Å². The van der Waals surface area contributed by atoms with Crippen molar-refractivity contribution in [3.8, 4) is 12.3 Å². The van der Waals surface area contributed by atoms with Crippen LogP contribution in [0.3, 0.4) is 0 Å². The van der Waals surface area contributed by atoms with Gasteiger partial charge in [-0.05, 0) is 50.3 Å². The first kappa shape index (κ1) is 35.4. The summed E-state index contributed by atoms with van der Waals surface area (Å²) in [7, 11) is 0. The van der Waals surface area contributed by atoms with Crippen LogP contribution < -0.4 is 10.6 Å². The molecule has 0 aliphatic rings. The lowest BCUT2D eigenvalue weighted by Crippen LogP contribution is -2.55. The molecular weight excluding hydrogens is 538 g/mol. The van der Waals surface area contributed by atoms with Crippen molar-refractivity contribution in [1.82, 2.24) is 15.5 Å². The van der Waals surface area contributed by atoms with Crippen LogP contribution in [0.1, 0.15) is 109 Å². The molecule has 7 heteroatoms. The first-order chi connectivity index (χ1) is 20.5. The van der Waals surface area contributed by atoms with E-state index in [0.717, 1.165) is 37.7 Å². The van der Waals surface area contributed by atoms with Crippen molar-refractivity contribution in [3.05, 3.63) is 71.3 Å². The maximum Gasteiger partial charge on any atom is 0.408 e. The summed E-state index contributed by atoms with van der Waals surface area (Å²) >= 11 is 0. The number of amides is 3. The van der Waals surface area contributed by atoms with Crippen molar-refractivity contribution >= 4 is 17.9 Å². The van der Waals surface area contributed by atoms with E-state index in [1.807, 2.05) is 62.4 Å². The Hall–Kier alpha value is -3.79. The Morgan fingerprint density at radius 1 is 0.930 bits per heavy atom. The van der Waals surface area contributed by atoms with Crippen LogP contribution in [0, 0.1) is 18.3 Å². The lowest BCUT2D eigenvalue weighted by Gasteiger charge is -2.36. The topological polar surface area (TPSA) is 87.7 Å². The maximum absolute atomic E-state index is 14.5. The average molecular weight is 590 g/mol. The van der Waals surface area contributed by atoms with E-state index in [4.69, 9.17) is 11.2 Å². The van der Waals surface area contributed by atoms with E-state index >= 15 is 0 Å². The molecule has 43 heavy (non-hydrogen) atoms. The van der Waals surface area contributed by atoms with Crippen LogP contribution in [-0.4, -0.2) is 41.0 Å². The van der Waals surface area contributed by atoms with Crippen LogP contribution in [0.25, 0.3) is 0 Å². The summed E-state index contributed by atoms with van der Waals surface area (Å²) < 4.78 is 5.52. The molecule has 7 nitrogen and oxygen atoms in total. The molecule has 3 amide bonds. The number of hydrogen-bond donors (Lipinski definition) is 2. The first-order valence-corrected chi connectivity index (χ1v) is 15.7. The molecule has 0 saturated carbocycles. The summed E-state index contributed by atoms with van der Waals surface area (Å²) in [5.74, 6) is 1.84. The van der Waals surface area contributed by atoms with Gasteiger partial charge in [-0.1, -0.05) is 114 Å². The third-order valence-corrected chi connectivity index (χ3v) is 7.47. The molecule has 3 unspecified atom stereocenters. The normalized spacial score (nSPS) is 13.2. The Balaban J connectivity index is 2.53. The summed E-state index contributed by atoms with van der Waals surface area (Å²) in [5.41, 5.74) is 1.34. The summed E-state index contributed by atoms with van der Waals surface area (Å²) in [6.07, 6.45) is 12.0. The van der Waals surface area contributed by atoms with Gasteiger partial charge < -0.3 is 20.3 Å². The largest absolute Gasteiger partial charge is 0.444 e. The van der Waals surface area contributed by atoms with Crippen LogP contribution in [0.2, 0.25) is 0 Å². The molecule has 0 spiro atoms. The molecule has 0 bridgehead atoms. The highest BCUT2D eigenvalue weighted by molar-refractivity contribution is 5.92. The van der Waals surface area contributed by atoms with Gasteiger partial charge >= 0.3 is 6.09 Å². The second-order valence-electron chi connectivity index (χ2n) is 12.1. The van der Waals surface area contributed by atoms with Crippen LogP contribution in [0.4, 0.5) is 4.79 Å². The summed E-state index contributed by atoms with van der Waals surface area (Å²) in [6, 6.07) is 15.0. The third kappa shape index (κ3) is 11.8. The number of carbonyl (C=O) groups excluding carboxylic acids is 3. The van der Waals surface area contributed by atoms with Crippen molar-refractivity contribution in [2.45, 2.75) is 111 Å². The second kappa shape index (κ2) is 18.0. The van der Waals surface area contributed by atoms with E-state index in [9.17, 15) is 14.4 Å². The van der Waals surface area contributed by atoms with Gasteiger partial charge in [-0.25, -0.2) is 4.79 Å². The molecule has 0 aromatic heterocycles. The van der Waals surface area contributed by atoms with E-state index in [2.05, 4.69) is 23.5 Å². The SMILES string of the molecule is C#Cc1ccccc1C(C(=O)NCc1ccccc1)N(CCCCCCCC)C(=O)C(NC(=O)OC(C)(C)C)C(C)CC. The molecule has 0 heterocycles. The smallest absolute Gasteiger partial charge is 0.408 e. The molecule has 3 atom stereocenters. The van der Waals surface area contributed by atoms with Crippen LogP contribution in [0.5, 0.6) is 0 Å². The monoisotopic (exact) mass is 589 g/mol. The van der Waals surface area contributed by atoms with E-state index in [1.165, 1.54) is 6.42 Å². The van der Waals surface area contributed by atoms with Crippen molar-refractivity contribution < 1.29 is 19.1 Å². The van der Waals surface area contributed by atoms with Crippen LogP contribution in [-0.2, 0) is 20.9 Å². The minimum Gasteiger partial charge on any atom is -0.444 e. The predicted octanol–water partition coefficient (Wildman–Crippen LogP) is 7.15. The lowest BCUT2D eigenvalue weighted by molar-refractivity contribution is -0.143. The van der Waals surface area contributed by atoms with Gasteiger partial charge in [0.2, 0.25) is 11.8 Å². The maximum atomic E-state index is 14.5. The number of benzene rings is 2. The number of ether oxygens (including phenoxy) is 1. The van der Waals surface area contributed by atoms with Gasteiger partial charge in [0.05, 0.1) is 0 Å². The predicted molar refractivity (Wildman–Crippen MR) is 173 cm³/mol. The Kier molecular flexibility index (Phi) is 14.8. The number of hydrogen-bond acceptors (Lipinski definition) is 4. The van der Waals surface area contributed by atoms with Gasteiger partial charge in [-0.15, -0.1) is 6.42 Å². The van der Waals surface area contributed by atoms with E-state index in [1.54, 1.807) is 31.7 Å². The van der Waals surface area contributed by atoms with Gasteiger partial charge in [0.15, 0.2) is 0 Å². The number of rotatable bonds is 16. The van der Waals surface area contributed by atoms with Crippen molar-refractivity contribution in [2.75, 3.05) is 6.54 Å². The molecule has 2 aromatic carbocycles.